The van der Waals surface area contributed by atoms with E-state index in [4.69, 9.17) is 0 Å². The van der Waals surface area contributed by atoms with E-state index in [1.54, 1.807) is 0 Å². The minimum absolute atomic E-state index is 0.0556. The molecule has 3 rings (SSSR count). The van der Waals surface area contributed by atoms with Gasteiger partial charge < -0.3 is 9.88 Å². The molecule has 0 aromatic carbocycles. The number of carbonyl (C=O) groups is 1. The van der Waals surface area contributed by atoms with Gasteiger partial charge in [-0.15, -0.1) is 0 Å². The highest BCUT2D eigenvalue weighted by molar-refractivity contribution is 5.82. The van der Waals surface area contributed by atoms with Crippen LogP contribution in [0, 0.1) is 11.3 Å². The molecule has 24 heavy (non-hydrogen) atoms. The van der Waals surface area contributed by atoms with Crippen molar-refractivity contribution in [3.05, 3.63) is 18.2 Å². The molecule has 1 saturated heterocycles. The van der Waals surface area contributed by atoms with Gasteiger partial charge in [0.05, 0.1) is 6.54 Å². The van der Waals surface area contributed by atoms with Crippen molar-refractivity contribution in [2.75, 3.05) is 19.6 Å². The Kier molecular flexibility index (Phi) is 5.59. The number of hydrogen-bond donors (Lipinski definition) is 1. The molecular weight excluding hydrogens is 300 g/mol. The summed E-state index contributed by atoms with van der Waals surface area (Å²) in [6.45, 7) is 6.20. The van der Waals surface area contributed by atoms with Gasteiger partial charge in [-0.1, -0.05) is 19.8 Å². The molecule has 1 saturated carbocycles. The number of imidazole rings is 1. The number of carbonyl (C=O) groups excluding carboxylic acids is 1. The Labute approximate surface area is 145 Å². The highest BCUT2D eigenvalue weighted by Crippen LogP contribution is 2.41. The van der Waals surface area contributed by atoms with Gasteiger partial charge in [-0.2, -0.15) is 0 Å². The van der Waals surface area contributed by atoms with Gasteiger partial charge in [0, 0.05) is 37.9 Å². The van der Waals surface area contributed by atoms with E-state index >= 15 is 0 Å². The van der Waals surface area contributed by atoms with Gasteiger partial charge in [0.2, 0.25) is 5.91 Å². The summed E-state index contributed by atoms with van der Waals surface area (Å²) in [7, 11) is 2.05. The van der Waals surface area contributed by atoms with Gasteiger partial charge in [0.25, 0.3) is 0 Å². The van der Waals surface area contributed by atoms with E-state index in [0.717, 1.165) is 57.7 Å². The zero-order chi connectivity index (χ0) is 17.0. The summed E-state index contributed by atoms with van der Waals surface area (Å²) >= 11 is 0. The monoisotopic (exact) mass is 332 g/mol. The maximum absolute atomic E-state index is 12.6. The fraction of sp³-hybridized carbons (Fsp3) is 0.789. The van der Waals surface area contributed by atoms with Crippen molar-refractivity contribution in [2.45, 2.75) is 58.4 Å². The second-order valence-corrected chi connectivity index (χ2v) is 7.73. The maximum atomic E-state index is 12.6. The predicted molar refractivity (Wildman–Crippen MR) is 95.4 cm³/mol. The van der Waals surface area contributed by atoms with Crippen molar-refractivity contribution in [1.82, 2.24) is 19.8 Å². The first-order valence-electron chi connectivity index (χ1n) is 9.60. The Morgan fingerprint density at radius 1 is 1.42 bits per heavy atom. The number of amides is 1. The zero-order valence-electron chi connectivity index (χ0n) is 15.3. The van der Waals surface area contributed by atoms with Gasteiger partial charge >= 0.3 is 0 Å². The average molecular weight is 332 g/mol. The van der Waals surface area contributed by atoms with Crippen LogP contribution in [0.4, 0.5) is 0 Å². The number of likely N-dealkylation sites (tertiary alicyclic amines) is 1. The van der Waals surface area contributed by atoms with Crippen LogP contribution in [0.15, 0.2) is 12.4 Å². The van der Waals surface area contributed by atoms with Crippen LogP contribution in [0.5, 0.6) is 0 Å². The van der Waals surface area contributed by atoms with E-state index in [0.29, 0.717) is 11.8 Å². The molecule has 1 aliphatic carbocycles. The van der Waals surface area contributed by atoms with E-state index in [1.165, 1.54) is 19.3 Å². The molecule has 2 fully saturated rings. The number of rotatable bonds is 7. The zero-order valence-corrected chi connectivity index (χ0v) is 15.3. The van der Waals surface area contributed by atoms with Crippen LogP contribution in [0.3, 0.4) is 0 Å². The quantitative estimate of drug-likeness (QED) is 0.835. The van der Waals surface area contributed by atoms with Crippen molar-refractivity contribution < 1.29 is 4.79 Å². The SMILES string of the molecule is CCC1(C(=O)NCCC2CCN(Cc3nccn3C)C2)CCCC1. The lowest BCUT2D eigenvalue weighted by Crippen LogP contribution is -2.39. The molecule has 1 aliphatic heterocycles. The molecule has 134 valence electrons. The first-order valence-corrected chi connectivity index (χ1v) is 9.60. The molecule has 1 N–H and O–H groups in total. The van der Waals surface area contributed by atoms with Gasteiger partial charge in [0.15, 0.2) is 0 Å². The molecule has 0 bridgehead atoms. The van der Waals surface area contributed by atoms with E-state index in [1.807, 2.05) is 12.4 Å². The second-order valence-electron chi connectivity index (χ2n) is 7.73. The Morgan fingerprint density at radius 3 is 2.88 bits per heavy atom. The molecule has 2 heterocycles. The first-order chi connectivity index (χ1) is 11.6. The molecule has 0 radical (unpaired) electrons. The molecule has 5 heteroatoms. The van der Waals surface area contributed by atoms with Crippen molar-refractivity contribution in [2.24, 2.45) is 18.4 Å². The number of aryl methyl sites for hydroxylation is 1. The summed E-state index contributed by atoms with van der Waals surface area (Å²) < 4.78 is 2.10. The summed E-state index contributed by atoms with van der Waals surface area (Å²) in [5.74, 6) is 2.15. The van der Waals surface area contributed by atoms with Crippen LogP contribution in [0.25, 0.3) is 0 Å². The van der Waals surface area contributed by atoms with Crippen LogP contribution < -0.4 is 5.32 Å². The molecule has 1 amide bonds. The minimum atomic E-state index is -0.0556. The summed E-state index contributed by atoms with van der Waals surface area (Å²) in [6, 6.07) is 0. The van der Waals surface area contributed by atoms with Crippen molar-refractivity contribution in [1.29, 1.82) is 0 Å². The average Bonchev–Trinajstić information content (AvgIpc) is 3.31. The number of nitrogens with one attached hydrogen (secondary N) is 1. The standard InChI is InChI=1S/C19H32N4O/c1-3-19(8-4-5-9-19)18(24)21-10-6-16-7-12-23(14-16)15-17-20-11-13-22(17)2/h11,13,16H,3-10,12,14-15H2,1-2H3,(H,21,24). The smallest absolute Gasteiger partial charge is 0.226 e. The van der Waals surface area contributed by atoms with Gasteiger partial charge in [-0.3, -0.25) is 9.69 Å². The lowest BCUT2D eigenvalue weighted by Gasteiger charge is -2.26. The largest absolute Gasteiger partial charge is 0.356 e. The molecule has 1 atom stereocenters. The fourth-order valence-electron chi connectivity index (χ4n) is 4.41. The number of aromatic nitrogens is 2. The molecule has 1 aromatic rings. The third-order valence-electron chi connectivity index (χ3n) is 6.21. The van der Waals surface area contributed by atoms with Gasteiger partial charge in [0.1, 0.15) is 5.82 Å². The van der Waals surface area contributed by atoms with Crippen molar-refractivity contribution in [3.63, 3.8) is 0 Å². The fourth-order valence-corrected chi connectivity index (χ4v) is 4.41. The Balaban J connectivity index is 1.39. The van der Waals surface area contributed by atoms with E-state index in [9.17, 15) is 4.79 Å². The third kappa shape index (κ3) is 3.82. The third-order valence-corrected chi connectivity index (χ3v) is 6.21. The minimum Gasteiger partial charge on any atom is -0.356 e. The van der Waals surface area contributed by atoms with Crippen LogP contribution in [0.1, 0.15) is 57.7 Å². The molecule has 1 unspecified atom stereocenters. The highest BCUT2D eigenvalue weighted by Gasteiger charge is 2.39. The predicted octanol–water partition coefficient (Wildman–Crippen LogP) is 2.72. The van der Waals surface area contributed by atoms with Crippen LogP contribution in [0.2, 0.25) is 0 Å². The second kappa shape index (κ2) is 7.68. The summed E-state index contributed by atoms with van der Waals surface area (Å²) in [5.41, 5.74) is -0.0556. The molecule has 5 nitrogen and oxygen atoms in total. The van der Waals surface area contributed by atoms with Crippen molar-refractivity contribution >= 4 is 5.91 Å². The normalized spacial score (nSPS) is 23.7. The Bertz CT molecular complexity index is 547. The van der Waals surface area contributed by atoms with E-state index < -0.39 is 0 Å². The van der Waals surface area contributed by atoms with Crippen molar-refractivity contribution in [3.8, 4) is 0 Å². The topological polar surface area (TPSA) is 50.2 Å². The van der Waals surface area contributed by atoms with Crippen LogP contribution in [-0.2, 0) is 18.4 Å². The molecular formula is C19H32N4O. The first kappa shape index (κ1) is 17.5. The summed E-state index contributed by atoms with van der Waals surface area (Å²) in [4.78, 5) is 19.5. The lowest BCUT2D eigenvalue weighted by atomic mass is 9.82. The number of nitrogens with zero attached hydrogens (tertiary/aromatic N) is 3. The van der Waals surface area contributed by atoms with E-state index in [-0.39, 0.29) is 5.41 Å². The van der Waals surface area contributed by atoms with E-state index in [2.05, 4.69) is 33.7 Å². The van der Waals surface area contributed by atoms with Crippen LogP contribution >= 0.6 is 0 Å². The summed E-state index contributed by atoms with van der Waals surface area (Å²) in [6.07, 6.45) is 11.8. The van der Waals surface area contributed by atoms with Crippen LogP contribution in [-0.4, -0.2) is 40.0 Å². The maximum Gasteiger partial charge on any atom is 0.226 e. The van der Waals surface area contributed by atoms with Gasteiger partial charge in [-0.05, 0) is 44.6 Å². The number of hydrogen-bond acceptors (Lipinski definition) is 3. The van der Waals surface area contributed by atoms with Gasteiger partial charge in [-0.25, -0.2) is 4.98 Å². The molecule has 1 aromatic heterocycles. The lowest BCUT2D eigenvalue weighted by molar-refractivity contribution is -0.131. The Hall–Kier alpha value is -1.36. The Morgan fingerprint density at radius 2 is 2.21 bits per heavy atom. The highest BCUT2D eigenvalue weighted by atomic mass is 16.2. The summed E-state index contributed by atoms with van der Waals surface area (Å²) in [5, 5.41) is 3.24. The molecule has 2 aliphatic rings. The molecule has 0 spiro atoms.